The largest absolute Gasteiger partial charge is 0.441 e. The van der Waals surface area contributed by atoms with Crippen LogP contribution >= 0.6 is 23.5 Å². The van der Waals surface area contributed by atoms with Crippen molar-refractivity contribution in [3.63, 3.8) is 0 Å². The van der Waals surface area contributed by atoms with Gasteiger partial charge in [0, 0.05) is 24.0 Å². The van der Waals surface area contributed by atoms with Crippen molar-refractivity contribution in [2.45, 2.75) is 31.4 Å². The van der Waals surface area contributed by atoms with Crippen LogP contribution in [0.2, 0.25) is 0 Å². The highest BCUT2D eigenvalue weighted by atomic mass is 32.2. The van der Waals surface area contributed by atoms with Gasteiger partial charge < -0.3 is 4.42 Å². The van der Waals surface area contributed by atoms with E-state index in [1.54, 1.807) is 12.1 Å². The van der Waals surface area contributed by atoms with Crippen LogP contribution < -0.4 is 10.6 Å². The molecule has 0 radical (unpaired) electrons. The molecule has 1 atom stereocenters. The fourth-order valence-corrected chi connectivity index (χ4v) is 5.01. The second kappa shape index (κ2) is 12.0. The number of aromatic nitrogens is 1. The summed E-state index contributed by atoms with van der Waals surface area (Å²) in [6.07, 6.45) is 1.29. The van der Waals surface area contributed by atoms with Gasteiger partial charge in [0.2, 0.25) is 17.7 Å². The molecule has 3 heterocycles. The quantitative estimate of drug-likeness (QED) is 0.422. The van der Waals surface area contributed by atoms with Gasteiger partial charge in [0.1, 0.15) is 5.76 Å². The zero-order valence-electron chi connectivity index (χ0n) is 19.8. The number of rotatable bonds is 7. The molecule has 2 N–H and O–H groups in total. The number of thioether (sulfide) groups is 2. The number of benzene rings is 2. The Kier molecular flexibility index (Phi) is 8.57. The number of ketones is 1. The van der Waals surface area contributed by atoms with Crippen molar-refractivity contribution in [2.24, 2.45) is 0 Å². The van der Waals surface area contributed by atoms with Gasteiger partial charge in [-0.2, -0.15) is 0 Å². The first-order valence-electron chi connectivity index (χ1n) is 11.4. The standard InChI is InChI=1S/C23H20N2O4S.C3H3NO2S/c1-14-18(24-22(29-14)17-5-3-2-4-6-17)11-12-19(26)16-9-7-15(8-10-16)13-20-21(27)25-23(28)30-20;5-2-1-7-3(6)4-2/h2-10,20H,11-13H2,1H3,(H,25,27,28);1H2,(H,4,5,6). The molecule has 3 aromatic rings. The number of nitrogens with zero attached hydrogens (tertiary/aromatic N) is 1. The van der Waals surface area contributed by atoms with E-state index in [1.807, 2.05) is 49.4 Å². The average molecular weight is 538 g/mol. The number of nitrogens with one attached hydrogen (secondary N) is 2. The summed E-state index contributed by atoms with van der Waals surface area (Å²) in [5, 5.41) is 3.43. The predicted octanol–water partition coefficient (Wildman–Crippen LogP) is 4.33. The Balaban J connectivity index is 0.000000396. The summed E-state index contributed by atoms with van der Waals surface area (Å²) in [4.78, 5) is 60.3. The summed E-state index contributed by atoms with van der Waals surface area (Å²) in [5.41, 5.74) is 3.22. The molecular weight excluding hydrogens is 514 g/mol. The van der Waals surface area contributed by atoms with Gasteiger partial charge in [0.15, 0.2) is 5.78 Å². The third-order valence-electron chi connectivity index (χ3n) is 5.54. The molecule has 0 saturated carbocycles. The minimum Gasteiger partial charge on any atom is -0.441 e. The number of Topliss-reactive ketones (excluding diaryl/α,β-unsaturated/α-hetero) is 1. The highest BCUT2D eigenvalue weighted by Crippen LogP contribution is 2.24. The summed E-state index contributed by atoms with van der Waals surface area (Å²) in [6, 6.07) is 16.9. The van der Waals surface area contributed by atoms with Gasteiger partial charge in [-0.15, -0.1) is 0 Å². The molecule has 37 heavy (non-hydrogen) atoms. The molecule has 0 aliphatic carbocycles. The molecule has 2 aliphatic rings. The first kappa shape index (κ1) is 26.4. The Morgan fingerprint density at radius 1 is 1.00 bits per heavy atom. The Morgan fingerprint density at radius 2 is 1.73 bits per heavy atom. The lowest BCUT2D eigenvalue weighted by atomic mass is 10.0. The van der Waals surface area contributed by atoms with Crippen molar-refractivity contribution in [3.8, 4) is 11.5 Å². The second-order valence-corrected chi connectivity index (χ2v) is 10.3. The van der Waals surface area contributed by atoms with E-state index in [2.05, 4.69) is 15.6 Å². The molecule has 2 aromatic carbocycles. The maximum Gasteiger partial charge on any atom is 0.286 e. The van der Waals surface area contributed by atoms with Crippen LogP contribution in [0.4, 0.5) is 9.59 Å². The summed E-state index contributed by atoms with van der Waals surface area (Å²) >= 11 is 2.01. The van der Waals surface area contributed by atoms with Crippen LogP contribution in [0.25, 0.3) is 11.5 Å². The third kappa shape index (κ3) is 7.17. The number of carbonyl (C=O) groups is 5. The number of imide groups is 2. The number of oxazole rings is 1. The van der Waals surface area contributed by atoms with Crippen LogP contribution in [0.3, 0.4) is 0 Å². The Hall–Kier alpha value is -3.70. The van der Waals surface area contributed by atoms with Crippen LogP contribution in [-0.4, -0.2) is 44.1 Å². The van der Waals surface area contributed by atoms with Gasteiger partial charge in [0.25, 0.3) is 10.5 Å². The molecule has 190 valence electrons. The van der Waals surface area contributed by atoms with Gasteiger partial charge in [-0.3, -0.25) is 34.6 Å². The third-order valence-corrected chi connectivity index (χ3v) is 7.29. The van der Waals surface area contributed by atoms with E-state index < -0.39 is 5.25 Å². The Bertz CT molecular complexity index is 1320. The van der Waals surface area contributed by atoms with E-state index >= 15 is 0 Å². The lowest BCUT2D eigenvalue weighted by Crippen LogP contribution is -2.25. The fourth-order valence-electron chi connectivity index (χ4n) is 3.63. The van der Waals surface area contributed by atoms with E-state index in [4.69, 9.17) is 4.42 Å². The van der Waals surface area contributed by atoms with Gasteiger partial charge in [-0.25, -0.2) is 4.98 Å². The highest BCUT2D eigenvalue weighted by Gasteiger charge is 2.31. The van der Waals surface area contributed by atoms with Crippen molar-refractivity contribution >= 4 is 51.6 Å². The maximum absolute atomic E-state index is 12.6. The van der Waals surface area contributed by atoms with Crippen molar-refractivity contribution in [1.82, 2.24) is 15.6 Å². The van der Waals surface area contributed by atoms with Gasteiger partial charge in [-0.05, 0) is 31.0 Å². The smallest absolute Gasteiger partial charge is 0.286 e. The molecule has 1 aromatic heterocycles. The van der Waals surface area contributed by atoms with Crippen LogP contribution in [0.15, 0.2) is 59.0 Å². The van der Waals surface area contributed by atoms with Gasteiger partial charge in [0.05, 0.1) is 16.7 Å². The normalized spacial score (nSPS) is 16.7. The first-order chi connectivity index (χ1) is 17.8. The Labute approximate surface area is 221 Å². The summed E-state index contributed by atoms with van der Waals surface area (Å²) in [6.45, 7) is 1.86. The topological polar surface area (TPSA) is 135 Å². The summed E-state index contributed by atoms with van der Waals surface area (Å²) in [7, 11) is 0. The highest BCUT2D eigenvalue weighted by molar-refractivity contribution is 8.15. The van der Waals surface area contributed by atoms with Crippen molar-refractivity contribution in [2.75, 3.05) is 5.75 Å². The predicted molar refractivity (Wildman–Crippen MR) is 140 cm³/mol. The van der Waals surface area contributed by atoms with E-state index in [-0.39, 0.29) is 28.1 Å². The van der Waals surface area contributed by atoms with Crippen molar-refractivity contribution in [3.05, 3.63) is 77.2 Å². The van der Waals surface area contributed by atoms with Crippen LogP contribution in [0.5, 0.6) is 0 Å². The molecule has 9 nitrogen and oxygen atoms in total. The fraction of sp³-hybridized carbons (Fsp3) is 0.231. The lowest BCUT2D eigenvalue weighted by molar-refractivity contribution is -0.119. The molecule has 5 rings (SSSR count). The van der Waals surface area contributed by atoms with Gasteiger partial charge in [-0.1, -0.05) is 66.0 Å². The van der Waals surface area contributed by atoms with E-state index in [9.17, 15) is 24.0 Å². The number of carbonyl (C=O) groups excluding carboxylic acids is 5. The second-order valence-electron chi connectivity index (χ2n) is 8.22. The van der Waals surface area contributed by atoms with E-state index in [0.717, 1.165) is 46.1 Å². The van der Waals surface area contributed by atoms with Crippen molar-refractivity contribution in [1.29, 1.82) is 0 Å². The molecule has 1 unspecified atom stereocenters. The number of aryl methyl sites for hydroxylation is 2. The van der Waals surface area contributed by atoms with Gasteiger partial charge >= 0.3 is 0 Å². The molecule has 11 heteroatoms. The number of hydrogen-bond donors (Lipinski definition) is 2. The summed E-state index contributed by atoms with van der Waals surface area (Å²) < 4.78 is 5.75. The summed E-state index contributed by atoms with van der Waals surface area (Å²) in [5.74, 6) is 1.15. The van der Waals surface area contributed by atoms with E-state index in [0.29, 0.717) is 36.5 Å². The SMILES string of the molecule is Cc1oc(-c2ccccc2)nc1CCC(=O)c1ccc(CC2SC(=O)NC2=O)cc1.O=C1CSC(=O)N1. The molecule has 4 amide bonds. The van der Waals surface area contributed by atoms with Crippen LogP contribution in [-0.2, 0) is 22.4 Å². The first-order valence-corrected chi connectivity index (χ1v) is 13.3. The minimum atomic E-state index is -0.409. The zero-order chi connectivity index (χ0) is 26.4. The maximum atomic E-state index is 12.6. The molecule has 2 saturated heterocycles. The average Bonchev–Trinajstić information content (AvgIpc) is 3.56. The molecular formula is C26H23N3O6S2. The zero-order valence-corrected chi connectivity index (χ0v) is 21.4. The molecule has 0 spiro atoms. The monoisotopic (exact) mass is 537 g/mol. The van der Waals surface area contributed by atoms with Crippen LogP contribution in [0.1, 0.15) is 33.8 Å². The lowest BCUT2D eigenvalue weighted by Gasteiger charge is -2.06. The molecule has 2 fully saturated rings. The van der Waals surface area contributed by atoms with Crippen LogP contribution in [0, 0.1) is 6.92 Å². The number of amides is 4. The number of hydrogen-bond acceptors (Lipinski definition) is 9. The van der Waals surface area contributed by atoms with Crippen molar-refractivity contribution < 1.29 is 28.4 Å². The Morgan fingerprint density at radius 3 is 2.30 bits per heavy atom. The molecule has 2 aliphatic heterocycles. The minimum absolute atomic E-state index is 0.0216. The molecule has 0 bridgehead atoms. The van der Waals surface area contributed by atoms with E-state index in [1.165, 1.54) is 0 Å².